The molecule has 0 heterocycles. The smallest absolute Gasteiger partial charge is 0.0440 e. The van der Waals surface area contributed by atoms with Gasteiger partial charge < -0.3 is 0 Å². The Bertz CT molecular complexity index is 86.0. The van der Waals surface area contributed by atoms with Gasteiger partial charge in [-0.15, -0.1) is 0 Å². The van der Waals surface area contributed by atoms with E-state index in [-0.39, 0.29) is 0 Å². The molecule has 0 aliphatic carbocycles. The highest BCUT2D eigenvalue weighted by atomic mass is 14.1. The lowest BCUT2D eigenvalue weighted by atomic mass is 9.91. The van der Waals surface area contributed by atoms with Crippen LogP contribution in [-0.4, -0.2) is 0 Å². The van der Waals surface area contributed by atoms with Gasteiger partial charge in [-0.2, -0.15) is 0 Å². The van der Waals surface area contributed by atoms with Crippen LogP contribution in [-0.2, 0) is 0 Å². The highest BCUT2D eigenvalue weighted by Crippen LogP contribution is 2.20. The van der Waals surface area contributed by atoms with Crippen LogP contribution in [0.1, 0.15) is 93.9 Å². The zero-order valence-electron chi connectivity index (χ0n) is 13.4. The Labute approximate surface area is 106 Å². The highest BCUT2D eigenvalue weighted by molar-refractivity contribution is 4.59. The van der Waals surface area contributed by atoms with Crippen LogP contribution in [0.3, 0.4) is 0 Å². The second kappa shape index (κ2) is 20.4. The fourth-order valence-electron chi connectivity index (χ4n) is 1.97. The van der Waals surface area contributed by atoms with Gasteiger partial charge in [0.05, 0.1) is 0 Å². The Hall–Kier alpha value is 0. The van der Waals surface area contributed by atoms with Gasteiger partial charge in [0.1, 0.15) is 0 Å². The van der Waals surface area contributed by atoms with Crippen molar-refractivity contribution in [2.24, 2.45) is 11.8 Å². The normalized spacial score (nSPS) is 12.8. The van der Waals surface area contributed by atoms with Crippen LogP contribution in [0.25, 0.3) is 0 Å². The van der Waals surface area contributed by atoms with E-state index in [1.54, 1.807) is 0 Å². The van der Waals surface area contributed by atoms with Gasteiger partial charge in [0.15, 0.2) is 0 Å². The molecular weight excluding hydrogens is 192 g/mol. The molecule has 0 aliphatic heterocycles. The lowest BCUT2D eigenvalue weighted by Gasteiger charge is -2.15. The summed E-state index contributed by atoms with van der Waals surface area (Å²) in [6, 6.07) is 0. The van der Waals surface area contributed by atoms with E-state index in [0.29, 0.717) is 0 Å². The Morgan fingerprint density at radius 2 is 1.12 bits per heavy atom. The maximum absolute atomic E-state index is 2.40. The minimum atomic E-state index is 0.946. The third-order valence-corrected chi connectivity index (χ3v) is 2.64. The average molecular weight is 230 g/mol. The SMILES string of the molecule is CC.CC.CCCCC(C)CC(C)CCC. The van der Waals surface area contributed by atoms with Crippen molar-refractivity contribution in [3.05, 3.63) is 0 Å². The summed E-state index contributed by atoms with van der Waals surface area (Å²) in [6.45, 7) is 17.4. The van der Waals surface area contributed by atoms with E-state index in [1.807, 2.05) is 27.7 Å². The van der Waals surface area contributed by atoms with E-state index in [1.165, 1.54) is 38.5 Å². The van der Waals surface area contributed by atoms with Crippen LogP contribution in [0.2, 0.25) is 0 Å². The minimum Gasteiger partial charge on any atom is -0.0683 e. The second-order valence-corrected chi connectivity index (χ2v) is 4.38. The van der Waals surface area contributed by atoms with E-state index in [4.69, 9.17) is 0 Å². The minimum absolute atomic E-state index is 0.946. The zero-order chi connectivity index (χ0) is 13.4. The predicted molar refractivity (Wildman–Crippen MR) is 80.1 cm³/mol. The molecule has 0 saturated carbocycles. The molecule has 0 nitrogen and oxygen atoms in total. The van der Waals surface area contributed by atoms with Gasteiger partial charge in [-0.25, -0.2) is 0 Å². The number of rotatable bonds is 7. The average Bonchev–Trinajstić information content (AvgIpc) is 2.32. The summed E-state index contributed by atoms with van der Waals surface area (Å²) in [5, 5.41) is 0. The number of hydrogen-bond donors (Lipinski definition) is 0. The van der Waals surface area contributed by atoms with E-state index in [9.17, 15) is 0 Å². The van der Waals surface area contributed by atoms with Crippen molar-refractivity contribution in [1.29, 1.82) is 0 Å². The first-order chi connectivity index (χ1) is 7.70. The van der Waals surface area contributed by atoms with Crippen molar-refractivity contribution < 1.29 is 0 Å². The second-order valence-electron chi connectivity index (χ2n) is 4.38. The van der Waals surface area contributed by atoms with Gasteiger partial charge >= 0.3 is 0 Å². The molecule has 0 fully saturated rings. The molecule has 0 aromatic carbocycles. The first-order valence-electron chi connectivity index (χ1n) is 7.70. The molecule has 0 rings (SSSR count). The molecule has 0 aromatic rings. The molecule has 0 heteroatoms. The molecule has 0 radical (unpaired) electrons. The maximum Gasteiger partial charge on any atom is -0.0440 e. The van der Waals surface area contributed by atoms with E-state index in [0.717, 1.165) is 11.8 Å². The lowest BCUT2D eigenvalue weighted by molar-refractivity contribution is 0.368. The Morgan fingerprint density at radius 1 is 0.688 bits per heavy atom. The quantitative estimate of drug-likeness (QED) is 0.457. The Balaban J connectivity index is -0.000000376. The lowest BCUT2D eigenvalue weighted by Crippen LogP contribution is -2.02. The Kier molecular flexibility index (Phi) is 27.2. The van der Waals surface area contributed by atoms with E-state index in [2.05, 4.69) is 27.7 Å². The zero-order valence-corrected chi connectivity index (χ0v) is 13.4. The Morgan fingerprint density at radius 3 is 1.50 bits per heavy atom. The number of unbranched alkanes of at least 4 members (excludes halogenated alkanes) is 1. The summed E-state index contributed by atoms with van der Waals surface area (Å²) in [4.78, 5) is 0. The van der Waals surface area contributed by atoms with Crippen molar-refractivity contribution in [3.8, 4) is 0 Å². The molecule has 102 valence electrons. The van der Waals surface area contributed by atoms with Crippen LogP contribution in [0, 0.1) is 11.8 Å². The largest absolute Gasteiger partial charge is 0.0683 e. The summed E-state index contributed by atoms with van der Waals surface area (Å²) in [5.74, 6) is 1.90. The molecular formula is C16H38. The van der Waals surface area contributed by atoms with Crippen molar-refractivity contribution in [2.75, 3.05) is 0 Å². The van der Waals surface area contributed by atoms with Crippen molar-refractivity contribution in [3.63, 3.8) is 0 Å². The molecule has 0 saturated heterocycles. The summed E-state index contributed by atoms with van der Waals surface area (Å²) in [5.41, 5.74) is 0. The van der Waals surface area contributed by atoms with E-state index < -0.39 is 0 Å². The van der Waals surface area contributed by atoms with Gasteiger partial charge in [-0.05, 0) is 18.3 Å². The summed E-state index contributed by atoms with van der Waals surface area (Å²) in [6.07, 6.45) is 8.41. The molecule has 16 heavy (non-hydrogen) atoms. The van der Waals surface area contributed by atoms with Crippen LogP contribution in [0.4, 0.5) is 0 Å². The molecule has 0 aliphatic rings. The number of hydrogen-bond acceptors (Lipinski definition) is 0. The summed E-state index contributed by atoms with van der Waals surface area (Å²) >= 11 is 0. The fraction of sp³-hybridized carbons (Fsp3) is 1.00. The molecule has 0 spiro atoms. The van der Waals surface area contributed by atoms with Crippen LogP contribution < -0.4 is 0 Å². The topological polar surface area (TPSA) is 0 Å². The molecule has 0 bridgehead atoms. The maximum atomic E-state index is 2.40. The first-order valence-corrected chi connectivity index (χ1v) is 7.70. The van der Waals surface area contributed by atoms with Gasteiger partial charge in [-0.3, -0.25) is 0 Å². The highest BCUT2D eigenvalue weighted by Gasteiger charge is 2.06. The van der Waals surface area contributed by atoms with E-state index >= 15 is 0 Å². The first kappa shape index (κ1) is 21.3. The summed E-state index contributed by atoms with van der Waals surface area (Å²) < 4.78 is 0. The van der Waals surface area contributed by atoms with Crippen LogP contribution >= 0.6 is 0 Å². The van der Waals surface area contributed by atoms with Gasteiger partial charge in [0.2, 0.25) is 0 Å². The molecule has 0 amide bonds. The molecule has 2 atom stereocenters. The van der Waals surface area contributed by atoms with Crippen molar-refractivity contribution in [1.82, 2.24) is 0 Å². The van der Waals surface area contributed by atoms with Gasteiger partial charge in [0, 0.05) is 0 Å². The van der Waals surface area contributed by atoms with Crippen LogP contribution in [0.15, 0.2) is 0 Å². The molecule has 0 aromatic heterocycles. The third kappa shape index (κ3) is 19.6. The third-order valence-electron chi connectivity index (χ3n) is 2.64. The van der Waals surface area contributed by atoms with Crippen LogP contribution in [0.5, 0.6) is 0 Å². The van der Waals surface area contributed by atoms with Crippen molar-refractivity contribution in [2.45, 2.75) is 93.9 Å². The monoisotopic (exact) mass is 230 g/mol. The predicted octanol–water partition coefficient (Wildman–Crippen LogP) is 6.69. The van der Waals surface area contributed by atoms with Gasteiger partial charge in [0.25, 0.3) is 0 Å². The molecule has 0 N–H and O–H groups in total. The van der Waals surface area contributed by atoms with Gasteiger partial charge in [-0.1, -0.05) is 87.5 Å². The fourth-order valence-corrected chi connectivity index (χ4v) is 1.97. The molecule has 2 unspecified atom stereocenters. The standard InChI is InChI=1S/C12H26.2C2H6/c1-5-7-9-12(4)10-11(3)8-6-2;2*1-2/h11-12H,5-10H2,1-4H3;2*1-2H3. The summed E-state index contributed by atoms with van der Waals surface area (Å²) in [7, 11) is 0. The van der Waals surface area contributed by atoms with Crippen molar-refractivity contribution >= 4 is 0 Å².